The molecule has 0 atom stereocenters. The molecule has 1 aromatic heterocycles. The molecule has 3 aromatic rings. The average Bonchev–Trinajstić information content (AvgIpc) is 2.75. The summed E-state index contributed by atoms with van der Waals surface area (Å²) in [6, 6.07) is 18.8. The first-order chi connectivity index (χ1) is 13.7. The minimum Gasteiger partial charge on any atom is -0.378 e. The second-order valence-corrected chi connectivity index (χ2v) is 7.34. The van der Waals surface area contributed by atoms with Crippen LogP contribution in [0.15, 0.2) is 65.1 Å². The topological polar surface area (TPSA) is 67.4 Å². The van der Waals surface area contributed by atoms with Crippen molar-refractivity contribution in [2.24, 2.45) is 0 Å². The van der Waals surface area contributed by atoms with Crippen LogP contribution in [0.5, 0.6) is 0 Å². The highest BCUT2D eigenvalue weighted by atomic mass is 79.9. The van der Waals surface area contributed by atoms with Gasteiger partial charge in [0.15, 0.2) is 5.82 Å². The molecule has 1 N–H and O–H groups in total. The van der Waals surface area contributed by atoms with Crippen LogP contribution in [0.2, 0.25) is 0 Å². The molecule has 2 aromatic carbocycles. The molecule has 1 aliphatic heterocycles. The Hall–Kier alpha value is -2.77. The first kappa shape index (κ1) is 18.6. The Morgan fingerprint density at radius 1 is 1.00 bits per heavy atom. The highest BCUT2D eigenvalue weighted by Gasteiger charge is 2.13. The van der Waals surface area contributed by atoms with Gasteiger partial charge in [0, 0.05) is 34.4 Å². The van der Waals surface area contributed by atoms with E-state index in [1.165, 1.54) is 0 Å². The lowest BCUT2D eigenvalue weighted by Gasteiger charge is -2.27. The van der Waals surface area contributed by atoms with Gasteiger partial charge in [-0.15, -0.1) is 10.2 Å². The van der Waals surface area contributed by atoms with E-state index in [1.807, 2.05) is 48.5 Å². The summed E-state index contributed by atoms with van der Waals surface area (Å²) in [7, 11) is 0. The number of hydrogen-bond donors (Lipinski definition) is 1. The number of hydrogen-bond acceptors (Lipinski definition) is 5. The standard InChI is InChI=1S/C21H19BrN4O2/c22-17-5-1-4-16(13-17)21(27)23-18-6-2-3-15(14-18)19-7-8-20(25-24-19)26-9-11-28-12-10-26/h1-8,13-14H,9-12H2,(H,23,27). The zero-order valence-electron chi connectivity index (χ0n) is 15.1. The third-order valence-electron chi connectivity index (χ3n) is 4.49. The summed E-state index contributed by atoms with van der Waals surface area (Å²) in [5.74, 6) is 0.693. The van der Waals surface area contributed by atoms with Crippen LogP contribution in [0, 0.1) is 0 Å². The highest BCUT2D eigenvalue weighted by Crippen LogP contribution is 2.23. The minimum absolute atomic E-state index is 0.160. The summed E-state index contributed by atoms with van der Waals surface area (Å²) in [5, 5.41) is 11.6. The molecule has 1 aliphatic rings. The third kappa shape index (κ3) is 4.37. The Morgan fingerprint density at radius 3 is 2.57 bits per heavy atom. The van der Waals surface area contributed by atoms with Gasteiger partial charge in [0.25, 0.3) is 5.91 Å². The van der Waals surface area contributed by atoms with Crippen molar-refractivity contribution in [1.29, 1.82) is 0 Å². The zero-order valence-corrected chi connectivity index (χ0v) is 16.7. The van der Waals surface area contributed by atoms with E-state index in [2.05, 4.69) is 36.3 Å². The molecule has 0 spiro atoms. The molecule has 2 heterocycles. The number of rotatable bonds is 4. The number of carbonyl (C=O) groups is 1. The predicted octanol–water partition coefficient (Wildman–Crippen LogP) is 4.00. The van der Waals surface area contributed by atoms with Gasteiger partial charge in [0.2, 0.25) is 0 Å². The Morgan fingerprint density at radius 2 is 1.82 bits per heavy atom. The fourth-order valence-corrected chi connectivity index (χ4v) is 3.43. The normalized spacial score (nSPS) is 14.0. The highest BCUT2D eigenvalue weighted by molar-refractivity contribution is 9.10. The largest absolute Gasteiger partial charge is 0.378 e. The first-order valence-corrected chi connectivity index (χ1v) is 9.82. The van der Waals surface area contributed by atoms with Gasteiger partial charge in [-0.3, -0.25) is 4.79 Å². The van der Waals surface area contributed by atoms with E-state index in [-0.39, 0.29) is 5.91 Å². The molecule has 1 amide bonds. The Balaban J connectivity index is 1.49. The molecule has 1 fully saturated rings. The van der Waals surface area contributed by atoms with Gasteiger partial charge in [-0.05, 0) is 42.5 Å². The van der Waals surface area contributed by atoms with Crippen LogP contribution in [0.3, 0.4) is 0 Å². The Bertz CT molecular complexity index is 972. The van der Waals surface area contributed by atoms with Crippen LogP contribution in [-0.4, -0.2) is 42.4 Å². The van der Waals surface area contributed by atoms with E-state index in [1.54, 1.807) is 12.1 Å². The summed E-state index contributed by atoms with van der Waals surface area (Å²) in [5.41, 5.74) is 2.96. The lowest BCUT2D eigenvalue weighted by molar-refractivity contribution is 0.102. The zero-order chi connectivity index (χ0) is 19.3. The van der Waals surface area contributed by atoms with Crippen molar-refractivity contribution < 1.29 is 9.53 Å². The van der Waals surface area contributed by atoms with E-state index >= 15 is 0 Å². The predicted molar refractivity (Wildman–Crippen MR) is 113 cm³/mol. The lowest BCUT2D eigenvalue weighted by atomic mass is 10.1. The quantitative estimate of drug-likeness (QED) is 0.666. The maximum Gasteiger partial charge on any atom is 0.255 e. The van der Waals surface area contributed by atoms with E-state index in [0.717, 1.165) is 34.6 Å². The molecule has 142 valence electrons. The number of carbonyl (C=O) groups excluding carboxylic acids is 1. The summed E-state index contributed by atoms with van der Waals surface area (Å²) in [6.07, 6.45) is 0. The van der Waals surface area contributed by atoms with Gasteiger partial charge in [-0.2, -0.15) is 0 Å². The molecule has 0 radical (unpaired) electrons. The number of aromatic nitrogens is 2. The van der Waals surface area contributed by atoms with Gasteiger partial charge in [0.05, 0.1) is 18.9 Å². The van der Waals surface area contributed by atoms with Crippen molar-refractivity contribution in [3.63, 3.8) is 0 Å². The molecule has 0 aliphatic carbocycles. The van der Waals surface area contributed by atoms with Gasteiger partial charge in [0.1, 0.15) is 0 Å². The molecule has 6 nitrogen and oxygen atoms in total. The monoisotopic (exact) mass is 438 g/mol. The second-order valence-electron chi connectivity index (χ2n) is 6.42. The summed E-state index contributed by atoms with van der Waals surface area (Å²) in [6.45, 7) is 3.07. The fraction of sp³-hybridized carbons (Fsp3) is 0.190. The van der Waals surface area contributed by atoms with Crippen molar-refractivity contribution in [2.75, 3.05) is 36.5 Å². The van der Waals surface area contributed by atoms with Crippen molar-refractivity contribution >= 4 is 33.3 Å². The van der Waals surface area contributed by atoms with E-state index in [0.29, 0.717) is 24.5 Å². The number of amides is 1. The fourth-order valence-electron chi connectivity index (χ4n) is 3.03. The van der Waals surface area contributed by atoms with Crippen molar-refractivity contribution in [3.8, 4) is 11.3 Å². The number of benzene rings is 2. The number of morpholine rings is 1. The first-order valence-electron chi connectivity index (χ1n) is 9.03. The summed E-state index contributed by atoms with van der Waals surface area (Å²) < 4.78 is 6.24. The number of nitrogens with one attached hydrogen (secondary N) is 1. The van der Waals surface area contributed by atoms with Crippen molar-refractivity contribution in [3.05, 3.63) is 70.7 Å². The molecule has 0 unspecified atom stereocenters. The van der Waals surface area contributed by atoms with Crippen LogP contribution in [0.1, 0.15) is 10.4 Å². The van der Waals surface area contributed by atoms with Crippen LogP contribution in [-0.2, 0) is 4.74 Å². The summed E-state index contributed by atoms with van der Waals surface area (Å²) in [4.78, 5) is 14.6. The van der Waals surface area contributed by atoms with Gasteiger partial charge in [-0.25, -0.2) is 0 Å². The Labute approximate surface area is 171 Å². The van der Waals surface area contributed by atoms with E-state index in [9.17, 15) is 4.79 Å². The maximum absolute atomic E-state index is 12.5. The number of halogens is 1. The van der Waals surface area contributed by atoms with Crippen LogP contribution < -0.4 is 10.2 Å². The average molecular weight is 439 g/mol. The Kier molecular flexibility index (Phi) is 5.64. The molecular formula is C21H19BrN4O2. The van der Waals surface area contributed by atoms with Crippen molar-refractivity contribution in [1.82, 2.24) is 10.2 Å². The number of ether oxygens (including phenoxy) is 1. The lowest BCUT2D eigenvalue weighted by Crippen LogP contribution is -2.36. The molecule has 0 saturated carbocycles. The second kappa shape index (κ2) is 8.50. The molecule has 28 heavy (non-hydrogen) atoms. The van der Waals surface area contributed by atoms with Gasteiger partial charge in [-0.1, -0.05) is 34.1 Å². The molecular weight excluding hydrogens is 420 g/mol. The molecule has 7 heteroatoms. The SMILES string of the molecule is O=C(Nc1cccc(-c2ccc(N3CCOCC3)nn2)c1)c1cccc(Br)c1. The van der Waals surface area contributed by atoms with E-state index in [4.69, 9.17) is 4.74 Å². The molecule has 1 saturated heterocycles. The van der Waals surface area contributed by atoms with Gasteiger partial charge >= 0.3 is 0 Å². The molecule has 0 bridgehead atoms. The third-order valence-corrected chi connectivity index (χ3v) is 4.98. The number of anilines is 2. The maximum atomic E-state index is 12.5. The van der Waals surface area contributed by atoms with Crippen LogP contribution in [0.4, 0.5) is 11.5 Å². The smallest absolute Gasteiger partial charge is 0.255 e. The molecule has 4 rings (SSSR count). The minimum atomic E-state index is -0.160. The van der Waals surface area contributed by atoms with Crippen molar-refractivity contribution in [2.45, 2.75) is 0 Å². The van der Waals surface area contributed by atoms with Crippen LogP contribution in [0.25, 0.3) is 11.3 Å². The van der Waals surface area contributed by atoms with E-state index < -0.39 is 0 Å². The number of nitrogens with zero attached hydrogens (tertiary/aromatic N) is 3. The van der Waals surface area contributed by atoms with Gasteiger partial charge < -0.3 is 15.0 Å². The summed E-state index contributed by atoms with van der Waals surface area (Å²) >= 11 is 3.39. The van der Waals surface area contributed by atoms with Crippen LogP contribution >= 0.6 is 15.9 Å².